The summed E-state index contributed by atoms with van der Waals surface area (Å²) in [7, 11) is 0. The number of hydrogen-bond donors (Lipinski definition) is 2. The fraction of sp³-hybridized carbons (Fsp3) is 0.214. The molecule has 1 aromatic carbocycles. The first-order valence-corrected chi connectivity index (χ1v) is 5.81. The lowest BCUT2D eigenvalue weighted by molar-refractivity contribution is 0.302. The molecule has 0 radical (unpaired) electrons. The van der Waals surface area contributed by atoms with Crippen LogP contribution in [-0.4, -0.2) is 4.98 Å². The standard InChI is InChI=1S/C14H17N3O/c1-10-4-3-5-11(2)14(10)18-9-12-6-7-16-13(8-12)17-15/h3-8H,9,15H2,1-2H3,(H,16,17). The van der Waals surface area contributed by atoms with Crippen LogP contribution in [0.25, 0.3) is 0 Å². The molecule has 0 bridgehead atoms. The van der Waals surface area contributed by atoms with Gasteiger partial charge in [0.15, 0.2) is 0 Å². The number of nitrogens with zero attached hydrogens (tertiary/aromatic N) is 1. The number of aromatic nitrogens is 1. The minimum Gasteiger partial charge on any atom is -0.488 e. The number of nitrogens with two attached hydrogens (primary N) is 1. The molecule has 0 spiro atoms. The predicted molar refractivity (Wildman–Crippen MR) is 72.3 cm³/mol. The van der Waals surface area contributed by atoms with Crippen molar-refractivity contribution in [3.8, 4) is 5.75 Å². The number of hydrogen-bond acceptors (Lipinski definition) is 4. The van der Waals surface area contributed by atoms with Crippen LogP contribution in [0.4, 0.5) is 5.82 Å². The number of nitrogens with one attached hydrogen (secondary N) is 1. The van der Waals surface area contributed by atoms with Crippen LogP contribution < -0.4 is 16.0 Å². The van der Waals surface area contributed by atoms with Gasteiger partial charge in [0.2, 0.25) is 0 Å². The SMILES string of the molecule is Cc1cccc(C)c1OCc1ccnc(NN)c1. The second-order valence-corrected chi connectivity index (χ2v) is 4.20. The van der Waals surface area contributed by atoms with Crippen molar-refractivity contribution in [3.63, 3.8) is 0 Å². The van der Waals surface area contributed by atoms with Gasteiger partial charge in [0.1, 0.15) is 18.2 Å². The van der Waals surface area contributed by atoms with E-state index in [4.69, 9.17) is 10.6 Å². The van der Waals surface area contributed by atoms with Crippen molar-refractivity contribution >= 4 is 5.82 Å². The maximum absolute atomic E-state index is 5.86. The maximum Gasteiger partial charge on any atom is 0.140 e. The van der Waals surface area contributed by atoms with Gasteiger partial charge in [-0.25, -0.2) is 10.8 Å². The van der Waals surface area contributed by atoms with Crippen molar-refractivity contribution in [1.82, 2.24) is 4.98 Å². The quantitative estimate of drug-likeness (QED) is 0.640. The highest BCUT2D eigenvalue weighted by atomic mass is 16.5. The molecule has 0 amide bonds. The van der Waals surface area contributed by atoms with Gasteiger partial charge in [-0.1, -0.05) is 18.2 Å². The van der Waals surface area contributed by atoms with Gasteiger partial charge in [-0.05, 0) is 42.7 Å². The van der Waals surface area contributed by atoms with Gasteiger partial charge >= 0.3 is 0 Å². The van der Waals surface area contributed by atoms with E-state index in [1.165, 1.54) is 0 Å². The largest absolute Gasteiger partial charge is 0.488 e. The minimum absolute atomic E-state index is 0.503. The average Bonchev–Trinajstić information content (AvgIpc) is 2.38. The van der Waals surface area contributed by atoms with E-state index in [1.54, 1.807) is 6.20 Å². The van der Waals surface area contributed by atoms with E-state index in [9.17, 15) is 0 Å². The van der Waals surface area contributed by atoms with Crippen molar-refractivity contribution in [2.24, 2.45) is 5.84 Å². The molecule has 1 aromatic heterocycles. The normalized spacial score (nSPS) is 10.2. The van der Waals surface area contributed by atoms with Gasteiger partial charge in [-0.15, -0.1) is 0 Å². The molecule has 0 fully saturated rings. The second kappa shape index (κ2) is 5.51. The number of aryl methyl sites for hydroxylation is 2. The van der Waals surface area contributed by atoms with Crippen LogP contribution in [0.5, 0.6) is 5.75 Å². The molecule has 0 unspecified atom stereocenters. The van der Waals surface area contributed by atoms with E-state index in [-0.39, 0.29) is 0 Å². The van der Waals surface area contributed by atoms with Crippen LogP contribution in [0.3, 0.4) is 0 Å². The Morgan fingerprint density at radius 2 is 1.94 bits per heavy atom. The third kappa shape index (κ3) is 2.78. The highest BCUT2D eigenvalue weighted by Crippen LogP contribution is 2.23. The first-order valence-electron chi connectivity index (χ1n) is 5.81. The molecular weight excluding hydrogens is 226 g/mol. The Morgan fingerprint density at radius 3 is 2.61 bits per heavy atom. The first kappa shape index (κ1) is 12.4. The highest BCUT2D eigenvalue weighted by Gasteiger charge is 2.04. The number of rotatable bonds is 4. The first-order chi connectivity index (χ1) is 8.70. The fourth-order valence-corrected chi connectivity index (χ4v) is 1.83. The molecule has 0 aliphatic carbocycles. The molecule has 94 valence electrons. The smallest absolute Gasteiger partial charge is 0.140 e. The Balaban J connectivity index is 2.11. The van der Waals surface area contributed by atoms with Crippen molar-refractivity contribution in [1.29, 1.82) is 0 Å². The maximum atomic E-state index is 5.86. The Kier molecular flexibility index (Phi) is 3.79. The summed E-state index contributed by atoms with van der Waals surface area (Å²) < 4.78 is 5.86. The van der Waals surface area contributed by atoms with Crippen LogP contribution in [0.2, 0.25) is 0 Å². The predicted octanol–water partition coefficient (Wildman–Crippen LogP) is 2.56. The monoisotopic (exact) mass is 243 g/mol. The summed E-state index contributed by atoms with van der Waals surface area (Å²) in [6.07, 6.45) is 1.71. The van der Waals surface area contributed by atoms with Crippen LogP contribution >= 0.6 is 0 Å². The third-order valence-corrected chi connectivity index (χ3v) is 2.76. The van der Waals surface area contributed by atoms with Gasteiger partial charge in [0.25, 0.3) is 0 Å². The zero-order chi connectivity index (χ0) is 13.0. The van der Waals surface area contributed by atoms with Crippen molar-refractivity contribution in [3.05, 3.63) is 53.2 Å². The lowest BCUT2D eigenvalue weighted by atomic mass is 10.1. The Labute approximate surface area is 107 Å². The molecule has 18 heavy (non-hydrogen) atoms. The molecule has 0 aliphatic rings. The number of para-hydroxylation sites is 1. The van der Waals surface area contributed by atoms with Crippen LogP contribution in [0, 0.1) is 13.8 Å². The summed E-state index contributed by atoms with van der Waals surface area (Å²) in [5.74, 6) is 6.90. The summed E-state index contributed by atoms with van der Waals surface area (Å²) in [5, 5.41) is 0. The Bertz CT molecular complexity index is 520. The Hall–Kier alpha value is -2.07. The summed E-state index contributed by atoms with van der Waals surface area (Å²) in [5.41, 5.74) is 5.83. The average molecular weight is 243 g/mol. The molecular formula is C14H17N3O. The van der Waals surface area contributed by atoms with E-state index < -0.39 is 0 Å². The van der Waals surface area contributed by atoms with E-state index >= 15 is 0 Å². The van der Waals surface area contributed by atoms with Gasteiger partial charge in [0, 0.05) is 6.20 Å². The zero-order valence-electron chi connectivity index (χ0n) is 10.6. The van der Waals surface area contributed by atoms with Gasteiger partial charge in [-0.3, -0.25) is 0 Å². The minimum atomic E-state index is 0.503. The molecule has 2 aromatic rings. The van der Waals surface area contributed by atoms with Crippen molar-refractivity contribution in [2.75, 3.05) is 5.43 Å². The van der Waals surface area contributed by atoms with Gasteiger partial charge in [-0.2, -0.15) is 0 Å². The van der Waals surface area contributed by atoms with E-state index in [0.717, 1.165) is 22.4 Å². The van der Waals surface area contributed by atoms with Crippen molar-refractivity contribution in [2.45, 2.75) is 20.5 Å². The number of nitrogen functional groups attached to an aromatic ring is 1. The molecule has 3 N–H and O–H groups in total. The van der Waals surface area contributed by atoms with E-state index in [2.05, 4.69) is 10.4 Å². The molecule has 1 heterocycles. The van der Waals surface area contributed by atoms with Crippen molar-refractivity contribution < 1.29 is 4.74 Å². The zero-order valence-corrected chi connectivity index (χ0v) is 10.6. The van der Waals surface area contributed by atoms with E-state index in [1.807, 2.05) is 44.2 Å². The lowest BCUT2D eigenvalue weighted by Gasteiger charge is -2.12. The molecule has 0 saturated carbocycles. The van der Waals surface area contributed by atoms with Gasteiger partial charge < -0.3 is 10.2 Å². The van der Waals surface area contributed by atoms with E-state index in [0.29, 0.717) is 12.4 Å². The lowest BCUT2D eigenvalue weighted by Crippen LogP contribution is -2.09. The second-order valence-electron chi connectivity index (χ2n) is 4.20. The topological polar surface area (TPSA) is 60.2 Å². The number of anilines is 1. The van der Waals surface area contributed by atoms with Crippen LogP contribution in [0.15, 0.2) is 36.5 Å². The number of ether oxygens (including phenoxy) is 1. The third-order valence-electron chi connectivity index (χ3n) is 2.76. The highest BCUT2D eigenvalue weighted by molar-refractivity contribution is 5.40. The fourth-order valence-electron chi connectivity index (χ4n) is 1.83. The summed E-state index contributed by atoms with van der Waals surface area (Å²) in [6.45, 7) is 4.59. The van der Waals surface area contributed by atoms with Crippen LogP contribution in [-0.2, 0) is 6.61 Å². The number of pyridine rings is 1. The summed E-state index contributed by atoms with van der Waals surface area (Å²) in [6, 6.07) is 9.89. The Morgan fingerprint density at radius 1 is 1.22 bits per heavy atom. The molecule has 2 rings (SSSR count). The molecule has 4 heteroatoms. The van der Waals surface area contributed by atoms with Crippen LogP contribution in [0.1, 0.15) is 16.7 Å². The number of benzene rings is 1. The summed E-state index contributed by atoms with van der Waals surface area (Å²) >= 11 is 0. The molecule has 4 nitrogen and oxygen atoms in total. The van der Waals surface area contributed by atoms with Gasteiger partial charge in [0.05, 0.1) is 0 Å². The number of hydrazine groups is 1. The molecule has 0 aliphatic heterocycles. The summed E-state index contributed by atoms with van der Waals surface area (Å²) in [4.78, 5) is 4.06. The molecule has 0 saturated heterocycles. The molecule has 0 atom stereocenters.